The van der Waals surface area contributed by atoms with Crippen LogP contribution in [0.1, 0.15) is 25.0 Å². The van der Waals surface area contributed by atoms with E-state index in [0.717, 1.165) is 44.0 Å². The van der Waals surface area contributed by atoms with E-state index >= 15 is 0 Å². The molecular formula is C44H29N3O. The van der Waals surface area contributed by atoms with Crippen LogP contribution < -0.4 is 0 Å². The van der Waals surface area contributed by atoms with Crippen molar-refractivity contribution in [1.29, 1.82) is 0 Å². The molecule has 7 aromatic carbocycles. The van der Waals surface area contributed by atoms with Gasteiger partial charge < -0.3 is 4.42 Å². The van der Waals surface area contributed by atoms with Crippen molar-refractivity contribution in [1.82, 2.24) is 15.0 Å². The molecule has 0 spiro atoms. The van der Waals surface area contributed by atoms with Crippen molar-refractivity contribution >= 4 is 43.5 Å². The maximum absolute atomic E-state index is 6.39. The standard InChI is InChI=1S/C44H29N3O/c1-44(2)37-17-8-6-13-31(37)36-24-28-20-19-27-23-29(21-22-30(27)35(28)25-38(36)44)42-45-41(26-11-4-3-5-12-26)46-43(47-42)34-16-10-15-33-32-14-7-9-18-39(32)48-40(33)34/h3-25H,1-2H3. The second-order valence-electron chi connectivity index (χ2n) is 13.2. The Kier molecular flexibility index (Phi) is 5.59. The third-order valence-corrected chi connectivity index (χ3v) is 10.1. The van der Waals surface area contributed by atoms with E-state index in [2.05, 4.69) is 92.7 Å². The van der Waals surface area contributed by atoms with Gasteiger partial charge in [-0.15, -0.1) is 0 Å². The summed E-state index contributed by atoms with van der Waals surface area (Å²) in [5.74, 6) is 1.83. The molecule has 0 atom stereocenters. The maximum Gasteiger partial charge on any atom is 0.167 e. The third-order valence-electron chi connectivity index (χ3n) is 10.1. The molecule has 0 amide bonds. The topological polar surface area (TPSA) is 51.8 Å². The highest BCUT2D eigenvalue weighted by Crippen LogP contribution is 2.50. The zero-order valence-electron chi connectivity index (χ0n) is 26.5. The Morgan fingerprint density at radius 1 is 0.438 bits per heavy atom. The highest BCUT2D eigenvalue weighted by Gasteiger charge is 2.35. The molecule has 0 aliphatic heterocycles. The minimum Gasteiger partial charge on any atom is -0.455 e. The molecule has 4 nitrogen and oxygen atoms in total. The Balaban J connectivity index is 1.16. The van der Waals surface area contributed by atoms with E-state index in [1.165, 1.54) is 38.4 Å². The second-order valence-corrected chi connectivity index (χ2v) is 13.2. The first kappa shape index (κ1) is 27.0. The molecule has 0 radical (unpaired) electrons. The zero-order valence-corrected chi connectivity index (χ0v) is 26.5. The van der Waals surface area contributed by atoms with E-state index in [4.69, 9.17) is 19.4 Å². The van der Waals surface area contributed by atoms with Gasteiger partial charge in [-0.1, -0.05) is 123 Å². The molecule has 1 aliphatic carbocycles. The fraction of sp³-hybridized carbons (Fsp3) is 0.0682. The van der Waals surface area contributed by atoms with Crippen molar-refractivity contribution < 1.29 is 4.42 Å². The fourth-order valence-electron chi connectivity index (χ4n) is 7.67. The third kappa shape index (κ3) is 3.93. The number of para-hydroxylation sites is 2. The number of rotatable bonds is 3. The number of fused-ring (bicyclic) bond motifs is 9. The molecule has 9 aromatic rings. The van der Waals surface area contributed by atoms with Crippen LogP contribution in [0.3, 0.4) is 0 Å². The van der Waals surface area contributed by atoms with E-state index in [0.29, 0.717) is 17.5 Å². The van der Waals surface area contributed by atoms with Crippen LogP contribution in [0, 0.1) is 0 Å². The van der Waals surface area contributed by atoms with Crippen LogP contribution in [0.15, 0.2) is 144 Å². The van der Waals surface area contributed by atoms with Gasteiger partial charge in [0.15, 0.2) is 17.5 Å². The van der Waals surface area contributed by atoms with Crippen molar-refractivity contribution in [3.05, 3.63) is 151 Å². The van der Waals surface area contributed by atoms with Crippen molar-refractivity contribution in [3.8, 4) is 45.3 Å². The van der Waals surface area contributed by atoms with Gasteiger partial charge in [-0.25, -0.2) is 15.0 Å². The zero-order chi connectivity index (χ0) is 32.0. The van der Waals surface area contributed by atoms with E-state index in [-0.39, 0.29) is 5.41 Å². The summed E-state index contributed by atoms with van der Waals surface area (Å²) in [6.45, 7) is 4.67. The van der Waals surface area contributed by atoms with Crippen LogP contribution in [0.2, 0.25) is 0 Å². The molecule has 0 saturated carbocycles. The van der Waals surface area contributed by atoms with Crippen LogP contribution in [-0.2, 0) is 5.41 Å². The molecule has 0 unspecified atom stereocenters. The van der Waals surface area contributed by atoms with Gasteiger partial charge in [-0.3, -0.25) is 0 Å². The van der Waals surface area contributed by atoms with Crippen LogP contribution in [0.25, 0.3) is 88.8 Å². The van der Waals surface area contributed by atoms with Crippen molar-refractivity contribution in [2.24, 2.45) is 0 Å². The summed E-state index contributed by atoms with van der Waals surface area (Å²) in [5, 5.41) is 6.99. The van der Waals surface area contributed by atoms with E-state index in [1.54, 1.807) is 0 Å². The molecular weight excluding hydrogens is 587 g/mol. The number of benzene rings is 7. The van der Waals surface area contributed by atoms with Crippen LogP contribution in [0.5, 0.6) is 0 Å². The molecule has 0 bridgehead atoms. The average molecular weight is 616 g/mol. The molecule has 1 aliphatic rings. The van der Waals surface area contributed by atoms with Gasteiger partial charge in [0.2, 0.25) is 0 Å². The molecule has 0 fully saturated rings. The monoisotopic (exact) mass is 615 g/mol. The Morgan fingerprint density at radius 3 is 2.00 bits per heavy atom. The van der Waals surface area contributed by atoms with Gasteiger partial charge in [0.25, 0.3) is 0 Å². The summed E-state index contributed by atoms with van der Waals surface area (Å²) in [5.41, 5.74) is 9.72. The number of hydrogen-bond acceptors (Lipinski definition) is 4. The normalized spacial score (nSPS) is 13.4. The molecule has 2 aromatic heterocycles. The van der Waals surface area contributed by atoms with Gasteiger partial charge in [-0.05, 0) is 74.1 Å². The molecule has 4 heteroatoms. The van der Waals surface area contributed by atoms with Gasteiger partial charge in [0, 0.05) is 27.3 Å². The SMILES string of the molecule is CC1(C)c2ccccc2-c2cc3ccc4cc(-c5nc(-c6ccccc6)nc(-c6cccc7c6oc6ccccc67)n5)ccc4c3cc21. The summed E-state index contributed by atoms with van der Waals surface area (Å²) in [6.07, 6.45) is 0. The molecule has 0 saturated heterocycles. The second kappa shape index (κ2) is 9.93. The molecule has 226 valence electrons. The molecule has 10 rings (SSSR count). The number of hydrogen-bond donors (Lipinski definition) is 0. The van der Waals surface area contributed by atoms with Gasteiger partial charge >= 0.3 is 0 Å². The number of nitrogens with zero attached hydrogens (tertiary/aromatic N) is 3. The largest absolute Gasteiger partial charge is 0.455 e. The quantitative estimate of drug-likeness (QED) is 0.186. The van der Waals surface area contributed by atoms with E-state index in [9.17, 15) is 0 Å². The first-order chi connectivity index (χ1) is 23.5. The predicted octanol–water partition coefficient (Wildman–Crippen LogP) is 11.4. The van der Waals surface area contributed by atoms with Crippen LogP contribution in [0.4, 0.5) is 0 Å². The van der Waals surface area contributed by atoms with Gasteiger partial charge in [0.05, 0.1) is 5.56 Å². The van der Waals surface area contributed by atoms with E-state index < -0.39 is 0 Å². The Bertz CT molecular complexity index is 2760. The van der Waals surface area contributed by atoms with Gasteiger partial charge in [0.1, 0.15) is 11.2 Å². The first-order valence-corrected chi connectivity index (χ1v) is 16.4. The number of aromatic nitrogens is 3. The van der Waals surface area contributed by atoms with Crippen molar-refractivity contribution in [2.45, 2.75) is 19.3 Å². The summed E-state index contributed by atoms with van der Waals surface area (Å²) < 4.78 is 6.39. The van der Waals surface area contributed by atoms with Crippen molar-refractivity contribution in [3.63, 3.8) is 0 Å². The average Bonchev–Trinajstić information content (AvgIpc) is 3.63. The smallest absolute Gasteiger partial charge is 0.167 e. The molecule has 2 heterocycles. The lowest BCUT2D eigenvalue weighted by Gasteiger charge is -2.22. The minimum atomic E-state index is -0.0555. The maximum atomic E-state index is 6.39. The number of furan rings is 1. The lowest BCUT2D eigenvalue weighted by Crippen LogP contribution is -2.14. The van der Waals surface area contributed by atoms with Crippen LogP contribution in [-0.4, -0.2) is 15.0 Å². The van der Waals surface area contributed by atoms with Crippen LogP contribution >= 0.6 is 0 Å². The summed E-state index contributed by atoms with van der Waals surface area (Å²) >= 11 is 0. The lowest BCUT2D eigenvalue weighted by atomic mass is 9.81. The fourth-order valence-corrected chi connectivity index (χ4v) is 7.67. The Hall–Kier alpha value is -6.13. The predicted molar refractivity (Wildman–Crippen MR) is 196 cm³/mol. The molecule has 48 heavy (non-hydrogen) atoms. The summed E-state index contributed by atoms with van der Waals surface area (Å²) in [7, 11) is 0. The highest BCUT2D eigenvalue weighted by molar-refractivity contribution is 6.11. The summed E-state index contributed by atoms with van der Waals surface area (Å²) in [6, 6.07) is 49.0. The first-order valence-electron chi connectivity index (χ1n) is 16.4. The minimum absolute atomic E-state index is 0.0555. The lowest BCUT2D eigenvalue weighted by molar-refractivity contribution is 0.661. The Labute approximate surface area is 277 Å². The van der Waals surface area contributed by atoms with Gasteiger partial charge in [-0.2, -0.15) is 0 Å². The van der Waals surface area contributed by atoms with Crippen molar-refractivity contribution in [2.75, 3.05) is 0 Å². The summed E-state index contributed by atoms with van der Waals surface area (Å²) in [4.78, 5) is 15.1. The van der Waals surface area contributed by atoms with E-state index in [1.807, 2.05) is 60.7 Å². The highest BCUT2D eigenvalue weighted by atomic mass is 16.3. The molecule has 0 N–H and O–H groups in total. The Morgan fingerprint density at radius 2 is 1.12 bits per heavy atom.